The number of hydrogen-bond acceptors (Lipinski definition) is 3. The Balaban J connectivity index is 2.76. The van der Waals surface area contributed by atoms with Gasteiger partial charge in [-0.3, -0.25) is 4.18 Å². The Morgan fingerprint density at radius 1 is 1.31 bits per heavy atom. The van der Waals surface area contributed by atoms with Crippen molar-refractivity contribution >= 4 is 26.0 Å². The van der Waals surface area contributed by atoms with Gasteiger partial charge in [-0.2, -0.15) is 8.42 Å². The van der Waals surface area contributed by atoms with Crippen molar-refractivity contribution in [1.82, 2.24) is 0 Å². The first-order valence-corrected chi connectivity index (χ1v) is 6.29. The number of alkyl halides is 1. The standard InChI is InChI=1S/C8H9BrO3S/c1-13(10,11)12-8(9)7-5-3-2-4-6-7/h2-6,8H,1H3. The smallest absolute Gasteiger partial charge is 0.250 e. The van der Waals surface area contributed by atoms with Gasteiger partial charge < -0.3 is 0 Å². The number of benzene rings is 1. The molecule has 3 nitrogen and oxygen atoms in total. The van der Waals surface area contributed by atoms with Gasteiger partial charge >= 0.3 is 0 Å². The van der Waals surface area contributed by atoms with Crippen LogP contribution in [-0.4, -0.2) is 14.7 Å². The lowest BCUT2D eigenvalue weighted by Gasteiger charge is -2.08. The molecule has 1 unspecified atom stereocenters. The highest BCUT2D eigenvalue weighted by Crippen LogP contribution is 2.24. The SMILES string of the molecule is CS(=O)(=O)OC(Br)c1ccccc1. The average molecular weight is 265 g/mol. The van der Waals surface area contributed by atoms with E-state index in [1.165, 1.54) is 0 Å². The van der Waals surface area contributed by atoms with Crippen LogP contribution >= 0.6 is 15.9 Å². The molecule has 1 aromatic carbocycles. The third kappa shape index (κ3) is 3.89. The highest BCUT2D eigenvalue weighted by molar-refractivity contribution is 9.09. The van der Waals surface area contributed by atoms with E-state index in [4.69, 9.17) is 4.18 Å². The summed E-state index contributed by atoms with van der Waals surface area (Å²) in [6.07, 6.45) is 1.02. The first-order chi connectivity index (χ1) is 5.99. The second kappa shape index (κ2) is 4.21. The highest BCUT2D eigenvalue weighted by atomic mass is 79.9. The lowest BCUT2D eigenvalue weighted by molar-refractivity contribution is 0.307. The van der Waals surface area contributed by atoms with Gasteiger partial charge in [0.15, 0.2) is 5.01 Å². The van der Waals surface area contributed by atoms with Crippen molar-refractivity contribution in [2.75, 3.05) is 6.26 Å². The van der Waals surface area contributed by atoms with Crippen molar-refractivity contribution in [2.24, 2.45) is 0 Å². The Morgan fingerprint density at radius 3 is 2.31 bits per heavy atom. The molecule has 1 rings (SSSR count). The van der Waals surface area contributed by atoms with Gasteiger partial charge in [0.2, 0.25) is 0 Å². The monoisotopic (exact) mass is 264 g/mol. The maximum absolute atomic E-state index is 10.8. The van der Waals surface area contributed by atoms with E-state index in [-0.39, 0.29) is 0 Å². The fourth-order valence-electron chi connectivity index (χ4n) is 0.813. The van der Waals surface area contributed by atoms with Crippen molar-refractivity contribution in [3.05, 3.63) is 35.9 Å². The van der Waals surface area contributed by atoms with Gasteiger partial charge in [0.05, 0.1) is 6.26 Å². The molecule has 0 aliphatic carbocycles. The van der Waals surface area contributed by atoms with Crippen LogP contribution in [-0.2, 0) is 14.3 Å². The molecule has 0 aliphatic rings. The van der Waals surface area contributed by atoms with E-state index >= 15 is 0 Å². The Kier molecular flexibility index (Phi) is 3.47. The predicted octanol–water partition coefficient (Wildman–Crippen LogP) is 2.06. The van der Waals surface area contributed by atoms with Crippen molar-refractivity contribution < 1.29 is 12.6 Å². The summed E-state index contributed by atoms with van der Waals surface area (Å²) in [5.74, 6) is 0. The van der Waals surface area contributed by atoms with E-state index in [2.05, 4.69) is 15.9 Å². The van der Waals surface area contributed by atoms with Gasteiger partial charge in [0, 0.05) is 0 Å². The molecule has 0 radical (unpaired) electrons. The minimum absolute atomic E-state index is 0.608. The minimum atomic E-state index is -3.42. The number of rotatable bonds is 3. The van der Waals surface area contributed by atoms with E-state index < -0.39 is 15.1 Å². The summed E-state index contributed by atoms with van der Waals surface area (Å²) in [6, 6.07) is 9.04. The van der Waals surface area contributed by atoms with Crippen LogP contribution in [0.2, 0.25) is 0 Å². The third-order valence-electron chi connectivity index (χ3n) is 1.32. The Bertz CT molecular complexity index is 360. The van der Waals surface area contributed by atoms with Crippen LogP contribution in [0.3, 0.4) is 0 Å². The summed E-state index contributed by atoms with van der Waals surface area (Å²) in [5.41, 5.74) is 0.771. The molecule has 0 amide bonds. The van der Waals surface area contributed by atoms with E-state index in [9.17, 15) is 8.42 Å². The van der Waals surface area contributed by atoms with E-state index in [0.29, 0.717) is 0 Å². The van der Waals surface area contributed by atoms with Crippen LogP contribution < -0.4 is 0 Å². The minimum Gasteiger partial charge on any atom is -0.250 e. The second-order valence-corrected chi connectivity index (χ2v) is 4.96. The molecule has 0 spiro atoms. The lowest BCUT2D eigenvalue weighted by atomic mass is 10.2. The number of hydrogen-bond donors (Lipinski definition) is 0. The zero-order valence-corrected chi connectivity index (χ0v) is 9.38. The van der Waals surface area contributed by atoms with Gasteiger partial charge in [-0.25, -0.2) is 0 Å². The summed E-state index contributed by atoms with van der Waals surface area (Å²) >= 11 is 3.12. The fraction of sp³-hybridized carbons (Fsp3) is 0.250. The van der Waals surface area contributed by atoms with Crippen molar-refractivity contribution in [3.8, 4) is 0 Å². The molecule has 1 atom stereocenters. The molecule has 0 heterocycles. The molecule has 0 aromatic heterocycles. The molecular weight excluding hydrogens is 256 g/mol. The van der Waals surface area contributed by atoms with Crippen LogP contribution in [0.15, 0.2) is 30.3 Å². The molecule has 5 heteroatoms. The maximum atomic E-state index is 10.8. The van der Waals surface area contributed by atoms with Gasteiger partial charge in [-0.05, 0) is 5.56 Å². The molecule has 0 aliphatic heterocycles. The van der Waals surface area contributed by atoms with Crippen LogP contribution in [0.5, 0.6) is 0 Å². The number of halogens is 1. The van der Waals surface area contributed by atoms with E-state index in [1.807, 2.05) is 18.2 Å². The summed E-state index contributed by atoms with van der Waals surface area (Å²) < 4.78 is 26.2. The van der Waals surface area contributed by atoms with Crippen molar-refractivity contribution in [1.29, 1.82) is 0 Å². The maximum Gasteiger partial charge on any atom is 0.265 e. The largest absolute Gasteiger partial charge is 0.265 e. The molecule has 0 fully saturated rings. The molecule has 13 heavy (non-hydrogen) atoms. The summed E-state index contributed by atoms with van der Waals surface area (Å²) in [7, 11) is -3.42. The van der Waals surface area contributed by atoms with E-state index in [1.54, 1.807) is 12.1 Å². The quantitative estimate of drug-likeness (QED) is 0.620. The molecular formula is C8H9BrO3S. The Labute approximate surface area is 86.0 Å². The normalized spacial score (nSPS) is 14.0. The summed E-state index contributed by atoms with van der Waals surface area (Å²) in [6.45, 7) is 0. The van der Waals surface area contributed by atoms with Gasteiger partial charge in [0.1, 0.15) is 0 Å². The predicted molar refractivity (Wildman–Crippen MR) is 54.0 cm³/mol. The van der Waals surface area contributed by atoms with Gasteiger partial charge in [0.25, 0.3) is 10.1 Å². The van der Waals surface area contributed by atoms with Crippen LogP contribution in [0, 0.1) is 0 Å². The summed E-state index contributed by atoms with van der Waals surface area (Å²) in [5, 5.41) is -0.608. The topological polar surface area (TPSA) is 43.4 Å². The van der Waals surface area contributed by atoms with Gasteiger partial charge in [-0.15, -0.1) is 0 Å². The Hall–Kier alpha value is -0.390. The third-order valence-corrected chi connectivity index (χ3v) is 2.83. The fourth-order valence-corrected chi connectivity index (χ4v) is 2.37. The van der Waals surface area contributed by atoms with Gasteiger partial charge in [-0.1, -0.05) is 46.3 Å². The molecule has 1 aromatic rings. The summed E-state index contributed by atoms with van der Waals surface area (Å²) in [4.78, 5) is 0. The Morgan fingerprint density at radius 2 is 1.85 bits per heavy atom. The molecule has 0 saturated heterocycles. The molecule has 0 saturated carbocycles. The lowest BCUT2D eigenvalue weighted by Crippen LogP contribution is -2.05. The zero-order chi connectivity index (χ0) is 9.90. The van der Waals surface area contributed by atoms with Crippen LogP contribution in [0.4, 0.5) is 0 Å². The molecule has 72 valence electrons. The van der Waals surface area contributed by atoms with Crippen LogP contribution in [0.25, 0.3) is 0 Å². The second-order valence-electron chi connectivity index (χ2n) is 2.53. The zero-order valence-electron chi connectivity index (χ0n) is 6.98. The van der Waals surface area contributed by atoms with E-state index in [0.717, 1.165) is 11.8 Å². The first kappa shape index (κ1) is 10.7. The van der Waals surface area contributed by atoms with Crippen molar-refractivity contribution in [3.63, 3.8) is 0 Å². The highest BCUT2D eigenvalue weighted by Gasteiger charge is 2.13. The molecule has 0 N–H and O–H groups in total. The van der Waals surface area contributed by atoms with Crippen molar-refractivity contribution in [2.45, 2.75) is 5.01 Å². The van der Waals surface area contributed by atoms with Crippen LogP contribution in [0.1, 0.15) is 10.6 Å². The average Bonchev–Trinajstić information content (AvgIpc) is 2.03. The molecule has 0 bridgehead atoms. The first-order valence-electron chi connectivity index (χ1n) is 3.56.